The van der Waals surface area contributed by atoms with Gasteiger partial charge in [0.25, 0.3) is 0 Å². The highest BCUT2D eigenvalue weighted by atomic mass is 79.9. The van der Waals surface area contributed by atoms with E-state index in [4.69, 9.17) is 0 Å². The molecule has 1 N–H and O–H groups in total. The number of carbonyl (C=O) groups excluding carboxylic acids is 1. The summed E-state index contributed by atoms with van der Waals surface area (Å²) in [4.78, 5) is 14.1. The maximum atomic E-state index is 14.0. The normalized spacial score (nSPS) is 11.3. The first-order valence-corrected chi connectivity index (χ1v) is 12.1. The summed E-state index contributed by atoms with van der Waals surface area (Å²) in [5.74, 6) is -0.101. The smallest absolute Gasteiger partial charge is 0.326 e. The van der Waals surface area contributed by atoms with E-state index in [0.717, 1.165) is 21.7 Å². The third-order valence-electron chi connectivity index (χ3n) is 5.72. The van der Waals surface area contributed by atoms with Gasteiger partial charge in [-0.05, 0) is 73.8 Å². The van der Waals surface area contributed by atoms with Crippen LogP contribution in [0.1, 0.15) is 12.0 Å². The van der Waals surface area contributed by atoms with Crippen LogP contribution < -0.4 is 5.32 Å². The van der Waals surface area contributed by atoms with Crippen LogP contribution in [0.15, 0.2) is 89.4 Å². The molecule has 0 atom stereocenters. The van der Waals surface area contributed by atoms with Gasteiger partial charge in [0.15, 0.2) is 0 Å². The second kappa shape index (κ2) is 12.0. The second-order valence-electron chi connectivity index (χ2n) is 8.64. The van der Waals surface area contributed by atoms with Crippen LogP contribution in [0.5, 0.6) is 0 Å². The Morgan fingerprint density at radius 1 is 0.865 bits per heavy atom. The van der Waals surface area contributed by atoms with E-state index in [0.29, 0.717) is 30.0 Å². The Bertz CT molecular complexity index is 1350. The number of amides is 1. The van der Waals surface area contributed by atoms with Crippen molar-refractivity contribution in [3.05, 3.63) is 95.0 Å². The lowest BCUT2D eigenvalue weighted by atomic mass is 10.1. The predicted molar refractivity (Wildman–Crippen MR) is 148 cm³/mol. The largest absolute Gasteiger partial charge is 0.418 e. The van der Waals surface area contributed by atoms with E-state index >= 15 is 0 Å². The van der Waals surface area contributed by atoms with Crippen LogP contribution in [0, 0.1) is 0 Å². The number of aromatic nitrogens is 1. The molecule has 1 heterocycles. The van der Waals surface area contributed by atoms with Gasteiger partial charge in [0.05, 0.1) is 22.6 Å². The lowest BCUT2D eigenvalue weighted by Crippen LogP contribution is -2.20. The molecule has 0 saturated carbocycles. The Morgan fingerprint density at radius 2 is 1.41 bits per heavy atom. The van der Waals surface area contributed by atoms with E-state index in [9.17, 15) is 18.0 Å². The number of para-hydroxylation sites is 1. The van der Waals surface area contributed by atoms with Gasteiger partial charge < -0.3 is 14.8 Å². The maximum absolute atomic E-state index is 14.0. The first-order chi connectivity index (χ1) is 17.1. The zero-order valence-corrected chi connectivity index (χ0v) is 22.6. The molecule has 4 rings (SSSR count). The topological polar surface area (TPSA) is 37.3 Å². The van der Waals surface area contributed by atoms with Crippen LogP contribution in [0.25, 0.3) is 28.2 Å². The molecule has 0 aliphatic heterocycles. The average molecular weight is 593 g/mol. The first-order valence-electron chi connectivity index (χ1n) is 11.3. The molecule has 0 aliphatic rings. The zero-order valence-electron chi connectivity index (χ0n) is 20.2. The van der Waals surface area contributed by atoms with E-state index in [1.807, 2.05) is 55.4 Å². The maximum Gasteiger partial charge on any atom is 0.418 e. The molecule has 0 aliphatic carbocycles. The highest BCUT2D eigenvalue weighted by molar-refractivity contribution is 9.10. The molecule has 0 fully saturated rings. The molecule has 0 spiro atoms. The molecule has 1 amide bonds. The van der Waals surface area contributed by atoms with Gasteiger partial charge in [-0.25, -0.2) is 0 Å². The average Bonchev–Trinajstić information content (AvgIpc) is 3.28. The van der Waals surface area contributed by atoms with Crippen LogP contribution in [-0.2, 0) is 11.0 Å². The molecule has 0 unspecified atom stereocenters. The van der Waals surface area contributed by atoms with Gasteiger partial charge in [0, 0.05) is 23.1 Å². The number of nitrogens with zero attached hydrogens (tertiary/aromatic N) is 2. The van der Waals surface area contributed by atoms with Crippen molar-refractivity contribution in [1.29, 1.82) is 0 Å². The van der Waals surface area contributed by atoms with Crippen molar-refractivity contribution in [1.82, 2.24) is 9.47 Å². The minimum atomic E-state index is -4.52. The van der Waals surface area contributed by atoms with E-state index in [1.165, 1.54) is 12.1 Å². The molecule has 0 bridgehead atoms. The molecule has 0 radical (unpaired) electrons. The first kappa shape index (κ1) is 28.5. The third-order valence-corrected chi connectivity index (χ3v) is 6.25. The van der Waals surface area contributed by atoms with Gasteiger partial charge in [-0.3, -0.25) is 4.79 Å². The van der Waals surface area contributed by atoms with Gasteiger partial charge in [-0.2, -0.15) is 13.2 Å². The molecule has 1 aromatic heterocycles. The summed E-state index contributed by atoms with van der Waals surface area (Å²) in [6.07, 6.45) is -4.15. The number of nitrogens with one attached hydrogen (secondary N) is 1. The summed E-state index contributed by atoms with van der Waals surface area (Å²) in [7, 11) is 3.80. The van der Waals surface area contributed by atoms with Crippen molar-refractivity contribution < 1.29 is 18.0 Å². The zero-order chi connectivity index (χ0) is 25.9. The Labute approximate surface area is 228 Å². The van der Waals surface area contributed by atoms with Crippen molar-refractivity contribution >= 4 is 39.9 Å². The molecule has 0 saturated heterocycles. The minimum Gasteiger partial charge on any atom is -0.326 e. The number of rotatable bonds is 7. The number of carbonyl (C=O) groups is 1. The van der Waals surface area contributed by atoms with Crippen molar-refractivity contribution in [2.45, 2.75) is 12.6 Å². The standard InChI is InChI=1S/C28H25BrF3N3O.ClH/c1-34(2)18-17-27(36)33-22-13-9-20(10-14-22)25-16-15-24(19-7-11-21(29)12-8-19)35(25)26-6-4-3-5-23(26)28(30,31)32;/h3-16H,17-18H2,1-2H3,(H,33,36);1H. The fourth-order valence-electron chi connectivity index (χ4n) is 3.95. The summed E-state index contributed by atoms with van der Waals surface area (Å²) in [6, 6.07) is 23.8. The van der Waals surface area contributed by atoms with Crippen molar-refractivity contribution in [2.24, 2.45) is 0 Å². The Morgan fingerprint density at radius 3 is 1.95 bits per heavy atom. The molecule has 9 heteroatoms. The lowest BCUT2D eigenvalue weighted by Gasteiger charge is -2.19. The summed E-state index contributed by atoms with van der Waals surface area (Å²) in [6.45, 7) is 0.634. The number of hydrogen-bond donors (Lipinski definition) is 1. The quantitative estimate of drug-likeness (QED) is 0.237. The summed E-state index contributed by atoms with van der Waals surface area (Å²) in [5, 5.41) is 2.86. The van der Waals surface area contributed by atoms with Gasteiger partial charge in [0.1, 0.15) is 0 Å². The summed E-state index contributed by atoms with van der Waals surface area (Å²) in [5.41, 5.74) is 2.71. The van der Waals surface area contributed by atoms with Gasteiger partial charge in [-0.1, -0.05) is 52.3 Å². The molecule has 37 heavy (non-hydrogen) atoms. The highest BCUT2D eigenvalue weighted by Crippen LogP contribution is 2.39. The van der Waals surface area contributed by atoms with Crippen LogP contribution in [-0.4, -0.2) is 36.0 Å². The number of anilines is 1. The van der Waals surface area contributed by atoms with E-state index in [2.05, 4.69) is 21.2 Å². The summed E-state index contributed by atoms with van der Waals surface area (Å²) < 4.78 is 44.5. The predicted octanol–water partition coefficient (Wildman–Crippen LogP) is 7.90. The molecule has 4 aromatic rings. The molecule has 194 valence electrons. The molecule has 3 aromatic carbocycles. The Balaban J connectivity index is 0.00000380. The van der Waals surface area contributed by atoms with Crippen molar-refractivity contribution in [2.75, 3.05) is 26.0 Å². The van der Waals surface area contributed by atoms with Crippen molar-refractivity contribution in [3.63, 3.8) is 0 Å². The van der Waals surface area contributed by atoms with Crippen LogP contribution in [0.3, 0.4) is 0 Å². The monoisotopic (exact) mass is 591 g/mol. The number of benzene rings is 3. The van der Waals surface area contributed by atoms with Crippen LogP contribution >= 0.6 is 28.3 Å². The van der Waals surface area contributed by atoms with E-state index in [-0.39, 0.29) is 24.0 Å². The fourth-order valence-corrected chi connectivity index (χ4v) is 4.21. The minimum absolute atomic E-state index is 0. The lowest BCUT2D eigenvalue weighted by molar-refractivity contribution is -0.137. The Kier molecular flexibility index (Phi) is 9.23. The van der Waals surface area contributed by atoms with Gasteiger partial charge >= 0.3 is 6.18 Å². The molecule has 4 nitrogen and oxygen atoms in total. The van der Waals surface area contributed by atoms with Gasteiger partial charge in [0.2, 0.25) is 5.91 Å². The number of hydrogen-bond acceptors (Lipinski definition) is 2. The highest BCUT2D eigenvalue weighted by Gasteiger charge is 2.34. The van der Waals surface area contributed by atoms with E-state index in [1.54, 1.807) is 34.9 Å². The number of alkyl halides is 3. The van der Waals surface area contributed by atoms with Crippen LogP contribution in [0.4, 0.5) is 18.9 Å². The van der Waals surface area contributed by atoms with Crippen molar-refractivity contribution in [3.8, 4) is 28.2 Å². The second-order valence-corrected chi connectivity index (χ2v) is 9.56. The van der Waals surface area contributed by atoms with Gasteiger partial charge in [-0.15, -0.1) is 12.4 Å². The summed E-state index contributed by atoms with van der Waals surface area (Å²) >= 11 is 3.41. The number of halogens is 5. The van der Waals surface area contributed by atoms with E-state index < -0.39 is 11.7 Å². The SMILES string of the molecule is CN(C)CCC(=O)Nc1ccc(-c2ccc(-c3ccc(Br)cc3)n2-c2ccccc2C(F)(F)F)cc1.Cl. The molecular formula is C28H26BrClF3N3O. The van der Waals surface area contributed by atoms with Crippen LogP contribution in [0.2, 0.25) is 0 Å². The molecular weight excluding hydrogens is 567 g/mol. The third kappa shape index (κ3) is 6.83. The fraction of sp³-hybridized carbons (Fsp3) is 0.179. The Hall–Kier alpha value is -3.07.